The normalized spacial score (nSPS) is 11.2. The zero-order valence-electron chi connectivity index (χ0n) is 11.3. The van der Waals surface area contributed by atoms with Crippen molar-refractivity contribution in [2.75, 3.05) is 0 Å². The van der Waals surface area contributed by atoms with Crippen molar-refractivity contribution in [3.05, 3.63) is 44.5 Å². The lowest BCUT2D eigenvalue weighted by atomic mass is 10.1. The maximum absolute atomic E-state index is 11.9. The van der Waals surface area contributed by atoms with Crippen LogP contribution < -0.4 is 11.1 Å². The molecule has 0 saturated heterocycles. The average molecular weight is 276 g/mol. The van der Waals surface area contributed by atoms with Gasteiger partial charge in [0.2, 0.25) is 0 Å². The summed E-state index contributed by atoms with van der Waals surface area (Å²) in [5, 5.41) is 9.02. The van der Waals surface area contributed by atoms with Crippen molar-refractivity contribution in [3.63, 3.8) is 0 Å². The van der Waals surface area contributed by atoms with Crippen molar-refractivity contribution >= 4 is 17.0 Å². The fraction of sp³-hybridized carbons (Fsp3) is 0.357. The second-order valence-corrected chi connectivity index (χ2v) is 5.13. The largest absolute Gasteiger partial charge is 0.478 e. The number of carbonyl (C=O) groups is 1. The summed E-state index contributed by atoms with van der Waals surface area (Å²) in [5.74, 6) is -0.695. The van der Waals surface area contributed by atoms with Crippen molar-refractivity contribution in [2.45, 2.75) is 26.8 Å². The van der Waals surface area contributed by atoms with Crippen LogP contribution in [-0.2, 0) is 6.54 Å². The average Bonchev–Trinajstić information content (AvgIpc) is 2.38. The Morgan fingerprint density at radius 1 is 1.35 bits per heavy atom. The molecule has 2 aromatic rings. The van der Waals surface area contributed by atoms with Crippen molar-refractivity contribution in [1.29, 1.82) is 0 Å². The Morgan fingerprint density at radius 2 is 2.05 bits per heavy atom. The number of H-pyrrole nitrogens is 1. The van der Waals surface area contributed by atoms with Crippen molar-refractivity contribution in [3.8, 4) is 0 Å². The van der Waals surface area contributed by atoms with Crippen LogP contribution in [-0.4, -0.2) is 20.6 Å². The van der Waals surface area contributed by atoms with Crippen LogP contribution >= 0.6 is 0 Å². The van der Waals surface area contributed by atoms with Crippen LogP contribution in [0.25, 0.3) is 11.0 Å². The molecule has 106 valence electrons. The number of hydrogen-bond acceptors (Lipinski definition) is 3. The van der Waals surface area contributed by atoms with Crippen LogP contribution in [0, 0.1) is 5.92 Å². The fourth-order valence-electron chi connectivity index (χ4n) is 2.01. The summed E-state index contributed by atoms with van der Waals surface area (Å²) in [4.78, 5) is 37.0. The van der Waals surface area contributed by atoms with Gasteiger partial charge in [0, 0.05) is 6.54 Å². The predicted octanol–water partition coefficient (Wildman–Crippen LogP) is 1.43. The second-order valence-electron chi connectivity index (χ2n) is 5.13. The van der Waals surface area contributed by atoms with Gasteiger partial charge in [-0.2, -0.15) is 0 Å². The maximum atomic E-state index is 11.9. The Bertz CT molecular complexity index is 771. The molecule has 1 aromatic carbocycles. The highest BCUT2D eigenvalue weighted by Crippen LogP contribution is 2.13. The Labute approximate surface area is 114 Å². The number of carboxylic acids is 1. The molecule has 1 aromatic heterocycles. The number of aromatic carboxylic acids is 1. The summed E-state index contributed by atoms with van der Waals surface area (Å²) < 4.78 is 1.35. The standard InChI is InChI=1S/C14H16N2O4/c1-8(2)5-6-16-11-7-9(14(19)20)3-4-10(11)15-12(17)13(16)18/h3-4,7-8H,5-6H2,1-2H3,(H,15,17)(H,19,20). The molecule has 20 heavy (non-hydrogen) atoms. The number of aromatic amines is 1. The Hall–Kier alpha value is -2.37. The molecule has 0 atom stereocenters. The van der Waals surface area contributed by atoms with Crippen LogP contribution in [0.4, 0.5) is 0 Å². The van der Waals surface area contributed by atoms with Gasteiger partial charge in [-0.3, -0.25) is 9.59 Å². The molecule has 0 aliphatic carbocycles. The third-order valence-corrected chi connectivity index (χ3v) is 3.15. The highest BCUT2D eigenvalue weighted by molar-refractivity contribution is 5.92. The van der Waals surface area contributed by atoms with Crippen LogP contribution in [0.2, 0.25) is 0 Å². The lowest BCUT2D eigenvalue weighted by Crippen LogP contribution is -2.36. The van der Waals surface area contributed by atoms with Gasteiger partial charge >= 0.3 is 17.1 Å². The Morgan fingerprint density at radius 3 is 2.65 bits per heavy atom. The molecule has 6 heteroatoms. The van der Waals surface area contributed by atoms with E-state index < -0.39 is 17.1 Å². The number of aryl methyl sites for hydroxylation is 1. The SMILES string of the molecule is CC(C)CCn1c(=O)c(=O)[nH]c2ccc(C(=O)O)cc21. The summed E-state index contributed by atoms with van der Waals surface area (Å²) in [7, 11) is 0. The molecule has 2 rings (SSSR count). The molecule has 0 aliphatic rings. The van der Waals surface area contributed by atoms with E-state index in [-0.39, 0.29) is 5.56 Å². The van der Waals surface area contributed by atoms with Gasteiger partial charge in [0.15, 0.2) is 0 Å². The third kappa shape index (κ3) is 2.64. The molecule has 6 nitrogen and oxygen atoms in total. The molecular formula is C14H16N2O4. The van der Waals surface area contributed by atoms with Gasteiger partial charge < -0.3 is 14.7 Å². The molecule has 0 bridgehead atoms. The molecule has 0 spiro atoms. The number of nitrogens with one attached hydrogen (secondary N) is 1. The molecule has 0 radical (unpaired) electrons. The van der Waals surface area contributed by atoms with Gasteiger partial charge in [-0.25, -0.2) is 4.79 Å². The van der Waals surface area contributed by atoms with E-state index in [2.05, 4.69) is 4.98 Å². The van der Waals surface area contributed by atoms with Gasteiger partial charge in [-0.15, -0.1) is 0 Å². The number of fused-ring (bicyclic) bond motifs is 1. The van der Waals surface area contributed by atoms with Gasteiger partial charge in [-0.1, -0.05) is 13.8 Å². The van der Waals surface area contributed by atoms with E-state index in [1.165, 1.54) is 22.8 Å². The number of rotatable bonds is 4. The van der Waals surface area contributed by atoms with E-state index in [9.17, 15) is 14.4 Å². The third-order valence-electron chi connectivity index (χ3n) is 3.15. The summed E-state index contributed by atoms with van der Waals surface area (Å²) in [6.07, 6.45) is 0.732. The number of nitrogens with zero attached hydrogens (tertiary/aromatic N) is 1. The Balaban J connectivity index is 2.69. The summed E-state index contributed by atoms with van der Waals surface area (Å²) in [5.41, 5.74) is -0.356. The summed E-state index contributed by atoms with van der Waals surface area (Å²) in [6, 6.07) is 4.32. The van der Waals surface area contributed by atoms with E-state index in [0.29, 0.717) is 23.5 Å². The van der Waals surface area contributed by atoms with Crippen molar-refractivity contribution in [2.24, 2.45) is 5.92 Å². The molecule has 0 aliphatic heterocycles. The van der Waals surface area contributed by atoms with Gasteiger partial charge in [0.05, 0.1) is 16.6 Å². The quantitative estimate of drug-likeness (QED) is 0.826. The van der Waals surface area contributed by atoms with Gasteiger partial charge in [0.1, 0.15) is 0 Å². The van der Waals surface area contributed by atoms with E-state index in [1.807, 2.05) is 13.8 Å². The zero-order valence-corrected chi connectivity index (χ0v) is 11.3. The lowest BCUT2D eigenvalue weighted by Gasteiger charge is -2.11. The second kappa shape index (κ2) is 5.32. The Kier molecular flexibility index (Phi) is 3.74. The smallest absolute Gasteiger partial charge is 0.335 e. The van der Waals surface area contributed by atoms with E-state index in [4.69, 9.17) is 5.11 Å². The number of aromatic nitrogens is 2. The minimum absolute atomic E-state index is 0.0854. The van der Waals surface area contributed by atoms with Gasteiger partial charge in [-0.05, 0) is 30.5 Å². The zero-order chi connectivity index (χ0) is 14.9. The molecule has 2 N–H and O–H groups in total. The maximum Gasteiger partial charge on any atom is 0.335 e. The monoisotopic (exact) mass is 276 g/mol. The fourth-order valence-corrected chi connectivity index (χ4v) is 2.01. The van der Waals surface area contributed by atoms with Crippen LogP contribution in [0.5, 0.6) is 0 Å². The van der Waals surface area contributed by atoms with Crippen molar-refractivity contribution in [1.82, 2.24) is 9.55 Å². The molecule has 1 heterocycles. The first-order valence-electron chi connectivity index (χ1n) is 6.40. The minimum Gasteiger partial charge on any atom is -0.478 e. The number of hydrogen-bond donors (Lipinski definition) is 2. The number of carboxylic acid groups (broad SMARTS) is 1. The van der Waals surface area contributed by atoms with Crippen LogP contribution in [0.1, 0.15) is 30.6 Å². The summed E-state index contributed by atoms with van der Waals surface area (Å²) >= 11 is 0. The van der Waals surface area contributed by atoms with E-state index >= 15 is 0 Å². The van der Waals surface area contributed by atoms with Crippen LogP contribution in [0.3, 0.4) is 0 Å². The van der Waals surface area contributed by atoms with E-state index in [0.717, 1.165) is 6.42 Å². The minimum atomic E-state index is -1.07. The first-order valence-corrected chi connectivity index (χ1v) is 6.40. The highest BCUT2D eigenvalue weighted by atomic mass is 16.4. The number of benzene rings is 1. The molecule has 0 unspecified atom stereocenters. The molecular weight excluding hydrogens is 260 g/mol. The van der Waals surface area contributed by atoms with Gasteiger partial charge in [0.25, 0.3) is 0 Å². The summed E-state index contributed by atoms with van der Waals surface area (Å²) in [6.45, 7) is 4.42. The lowest BCUT2D eigenvalue weighted by molar-refractivity contribution is 0.0697. The van der Waals surface area contributed by atoms with Crippen LogP contribution in [0.15, 0.2) is 27.8 Å². The molecule has 0 amide bonds. The molecule has 0 fully saturated rings. The first-order chi connectivity index (χ1) is 9.40. The van der Waals surface area contributed by atoms with Crippen molar-refractivity contribution < 1.29 is 9.90 Å². The molecule has 0 saturated carbocycles. The topological polar surface area (TPSA) is 92.2 Å². The predicted molar refractivity (Wildman–Crippen MR) is 75.2 cm³/mol. The van der Waals surface area contributed by atoms with E-state index in [1.54, 1.807) is 0 Å². The first kappa shape index (κ1) is 14.0. The highest BCUT2D eigenvalue weighted by Gasteiger charge is 2.11.